The maximum absolute atomic E-state index is 12.4. The third-order valence-electron chi connectivity index (χ3n) is 4.30. The molecule has 1 aromatic heterocycles. The summed E-state index contributed by atoms with van der Waals surface area (Å²) in [6.07, 6.45) is 2.60. The lowest BCUT2D eigenvalue weighted by atomic mass is 10.1. The predicted molar refractivity (Wildman–Crippen MR) is 111 cm³/mol. The number of para-hydroxylation sites is 2. The Morgan fingerprint density at radius 1 is 1.18 bits per heavy atom. The fourth-order valence-corrected chi connectivity index (χ4v) is 3.93. The smallest absolute Gasteiger partial charge is 0.240 e. The third-order valence-corrected chi connectivity index (χ3v) is 5.77. The number of hydrogen-bond donors (Lipinski definition) is 2. The predicted octanol–water partition coefficient (Wildman–Crippen LogP) is 1.91. The average Bonchev–Trinajstić information content (AvgIpc) is 2.99. The summed E-state index contributed by atoms with van der Waals surface area (Å²) in [5.41, 5.74) is 2.75. The molecule has 0 aliphatic rings. The van der Waals surface area contributed by atoms with E-state index in [9.17, 15) is 13.2 Å². The zero-order chi connectivity index (χ0) is 20.1. The van der Waals surface area contributed by atoms with Gasteiger partial charge in [0.15, 0.2) is 0 Å². The van der Waals surface area contributed by atoms with Gasteiger partial charge in [0, 0.05) is 6.54 Å². The molecule has 0 unspecified atom stereocenters. The molecule has 0 atom stereocenters. The van der Waals surface area contributed by atoms with Crippen LogP contribution in [0, 0.1) is 0 Å². The Kier molecular flexibility index (Phi) is 6.38. The van der Waals surface area contributed by atoms with E-state index in [1.165, 1.54) is 12.1 Å². The minimum atomic E-state index is -3.69. The van der Waals surface area contributed by atoms with Crippen molar-refractivity contribution in [3.63, 3.8) is 0 Å². The van der Waals surface area contributed by atoms with Gasteiger partial charge in [0.1, 0.15) is 12.4 Å². The van der Waals surface area contributed by atoms with Gasteiger partial charge in [0.2, 0.25) is 15.9 Å². The molecule has 1 heterocycles. The number of carbonyl (C=O) groups excluding carboxylic acids is 1. The number of nitrogens with two attached hydrogens (primary N) is 1. The number of primary sulfonamides is 1. The Morgan fingerprint density at radius 3 is 2.57 bits per heavy atom. The second-order valence-electron chi connectivity index (χ2n) is 6.32. The van der Waals surface area contributed by atoms with E-state index >= 15 is 0 Å². The quantitative estimate of drug-likeness (QED) is 0.581. The lowest BCUT2D eigenvalue weighted by molar-refractivity contribution is -0.121. The van der Waals surface area contributed by atoms with Gasteiger partial charge in [-0.1, -0.05) is 24.3 Å². The van der Waals surface area contributed by atoms with E-state index in [0.29, 0.717) is 13.0 Å². The number of nitrogens with zero attached hydrogens (tertiary/aromatic N) is 2. The van der Waals surface area contributed by atoms with Crippen molar-refractivity contribution < 1.29 is 13.2 Å². The summed E-state index contributed by atoms with van der Waals surface area (Å²) in [6.45, 7) is 0.665. The number of rotatable bonds is 8. The van der Waals surface area contributed by atoms with E-state index < -0.39 is 10.0 Å². The summed E-state index contributed by atoms with van der Waals surface area (Å²) >= 11 is 1.66. The topological polar surface area (TPSA) is 107 Å². The molecule has 0 aliphatic heterocycles. The zero-order valence-corrected chi connectivity index (χ0v) is 17.1. The number of imidazole rings is 1. The Hall–Kier alpha value is -2.36. The minimum absolute atomic E-state index is 0.0774. The van der Waals surface area contributed by atoms with E-state index in [-0.39, 0.29) is 17.3 Å². The molecule has 0 bridgehead atoms. The molecule has 3 N–H and O–H groups in total. The average molecular weight is 419 g/mol. The van der Waals surface area contributed by atoms with Crippen LogP contribution >= 0.6 is 11.8 Å². The molecule has 2 aromatic carbocycles. The Morgan fingerprint density at radius 2 is 1.89 bits per heavy atom. The van der Waals surface area contributed by atoms with Crippen LogP contribution < -0.4 is 10.5 Å². The number of sulfonamides is 1. The molecular weight excluding hydrogens is 396 g/mol. The Labute approximate surface area is 168 Å². The second-order valence-corrected chi connectivity index (χ2v) is 8.75. The third kappa shape index (κ3) is 4.92. The summed E-state index contributed by atoms with van der Waals surface area (Å²) in [7, 11) is -3.69. The van der Waals surface area contributed by atoms with Gasteiger partial charge in [0.25, 0.3) is 0 Å². The van der Waals surface area contributed by atoms with E-state index in [0.717, 1.165) is 28.2 Å². The number of fused-ring (bicyclic) bond motifs is 1. The van der Waals surface area contributed by atoms with Gasteiger partial charge >= 0.3 is 0 Å². The second kappa shape index (κ2) is 8.76. The summed E-state index contributed by atoms with van der Waals surface area (Å²) < 4.78 is 24.5. The van der Waals surface area contributed by atoms with E-state index in [1.807, 2.05) is 35.1 Å². The fourth-order valence-electron chi connectivity index (χ4n) is 2.93. The molecule has 1 amide bonds. The largest absolute Gasteiger partial charge is 0.354 e. The fraction of sp³-hybridized carbons (Fsp3) is 0.263. The van der Waals surface area contributed by atoms with Crippen LogP contribution in [0.4, 0.5) is 0 Å². The van der Waals surface area contributed by atoms with Crippen molar-refractivity contribution in [3.05, 3.63) is 59.9 Å². The summed E-state index contributed by atoms with van der Waals surface area (Å²) in [5.74, 6) is 1.52. The minimum Gasteiger partial charge on any atom is -0.354 e. The molecule has 0 saturated heterocycles. The monoisotopic (exact) mass is 418 g/mol. The lowest BCUT2D eigenvalue weighted by Crippen LogP contribution is -2.29. The van der Waals surface area contributed by atoms with Gasteiger partial charge in [-0.15, -0.1) is 0 Å². The highest BCUT2D eigenvalue weighted by Crippen LogP contribution is 2.18. The van der Waals surface area contributed by atoms with Crippen LogP contribution in [0.5, 0.6) is 0 Å². The number of nitrogens with one attached hydrogen (secondary N) is 1. The Bertz CT molecular complexity index is 1080. The van der Waals surface area contributed by atoms with Crippen LogP contribution in [0.3, 0.4) is 0 Å². The molecule has 0 aliphatic carbocycles. The normalized spacial score (nSPS) is 11.6. The molecule has 7 nitrogen and oxygen atoms in total. The van der Waals surface area contributed by atoms with Crippen LogP contribution in [-0.4, -0.2) is 36.7 Å². The van der Waals surface area contributed by atoms with E-state index in [4.69, 9.17) is 5.14 Å². The summed E-state index contributed by atoms with van der Waals surface area (Å²) in [4.78, 5) is 17.1. The van der Waals surface area contributed by atoms with Crippen molar-refractivity contribution >= 4 is 38.7 Å². The highest BCUT2D eigenvalue weighted by Gasteiger charge is 2.13. The number of thioether (sulfide) groups is 1. The number of aromatic nitrogens is 2. The van der Waals surface area contributed by atoms with Crippen LogP contribution in [0.25, 0.3) is 11.0 Å². The van der Waals surface area contributed by atoms with Crippen molar-refractivity contribution in [2.24, 2.45) is 5.14 Å². The molecule has 9 heteroatoms. The highest BCUT2D eigenvalue weighted by atomic mass is 32.2. The molecule has 0 spiro atoms. The number of carbonyl (C=O) groups is 1. The number of benzene rings is 2. The van der Waals surface area contributed by atoms with Gasteiger partial charge in [-0.25, -0.2) is 18.5 Å². The molecule has 0 fully saturated rings. The number of hydrogen-bond acceptors (Lipinski definition) is 5. The van der Waals surface area contributed by atoms with Gasteiger partial charge in [-0.05, 0) is 42.5 Å². The summed E-state index contributed by atoms with van der Waals surface area (Å²) in [6, 6.07) is 14.1. The van der Waals surface area contributed by atoms with Crippen LogP contribution in [0.1, 0.15) is 11.4 Å². The van der Waals surface area contributed by atoms with E-state index in [2.05, 4.69) is 10.3 Å². The van der Waals surface area contributed by atoms with Crippen molar-refractivity contribution in [2.75, 3.05) is 12.8 Å². The van der Waals surface area contributed by atoms with Crippen molar-refractivity contribution in [2.45, 2.75) is 23.6 Å². The van der Waals surface area contributed by atoms with Crippen molar-refractivity contribution in [1.29, 1.82) is 0 Å². The summed E-state index contributed by atoms with van der Waals surface area (Å²) in [5, 5.41) is 8.00. The van der Waals surface area contributed by atoms with Gasteiger partial charge in [-0.3, -0.25) is 4.79 Å². The van der Waals surface area contributed by atoms with Crippen LogP contribution in [0.15, 0.2) is 53.4 Å². The first kappa shape index (κ1) is 20.4. The molecule has 3 rings (SSSR count). The first-order chi connectivity index (χ1) is 13.4. The maximum Gasteiger partial charge on any atom is 0.240 e. The Balaban J connectivity index is 1.60. The maximum atomic E-state index is 12.4. The van der Waals surface area contributed by atoms with Crippen molar-refractivity contribution in [3.8, 4) is 0 Å². The first-order valence-electron chi connectivity index (χ1n) is 8.70. The highest BCUT2D eigenvalue weighted by molar-refractivity contribution is 7.97. The molecule has 28 heavy (non-hydrogen) atoms. The van der Waals surface area contributed by atoms with Crippen LogP contribution in [0.2, 0.25) is 0 Å². The molecule has 148 valence electrons. The van der Waals surface area contributed by atoms with Crippen molar-refractivity contribution in [1.82, 2.24) is 14.9 Å². The lowest BCUT2D eigenvalue weighted by Gasteiger charge is -2.10. The molecule has 0 saturated carbocycles. The van der Waals surface area contributed by atoms with Gasteiger partial charge < -0.3 is 9.88 Å². The molecule has 0 radical (unpaired) electrons. The zero-order valence-electron chi connectivity index (χ0n) is 15.5. The van der Waals surface area contributed by atoms with Gasteiger partial charge in [-0.2, -0.15) is 11.8 Å². The van der Waals surface area contributed by atoms with E-state index in [1.54, 1.807) is 23.9 Å². The standard InChI is InChI=1S/C19H22N4O3S2/c1-27-13-18-22-16-4-2-3-5-17(16)23(18)12-19(24)21-11-10-14-6-8-15(9-7-14)28(20,25)26/h2-9H,10-13H2,1H3,(H,21,24)(H2,20,25,26). The molecule has 3 aromatic rings. The SMILES string of the molecule is CSCc1nc2ccccc2n1CC(=O)NCCc1ccc(S(N)(=O)=O)cc1. The molecular formula is C19H22N4O3S2. The van der Waals surface area contributed by atoms with Crippen LogP contribution in [-0.2, 0) is 33.5 Å². The number of amides is 1. The van der Waals surface area contributed by atoms with Gasteiger partial charge in [0.05, 0.1) is 21.7 Å². The first-order valence-corrected chi connectivity index (χ1v) is 11.6.